The Kier molecular flexibility index (Phi) is 2.71. The highest BCUT2D eigenvalue weighted by Crippen LogP contribution is 2.24. The fraction of sp³-hybridized carbons (Fsp3) is 0. The van der Waals surface area contributed by atoms with Crippen LogP contribution in [-0.4, -0.2) is 20.2 Å². The van der Waals surface area contributed by atoms with Gasteiger partial charge in [-0.25, -0.2) is 4.98 Å². The number of aromatic nitrogens is 4. The Bertz CT molecular complexity index is 883. The van der Waals surface area contributed by atoms with Gasteiger partial charge in [-0.2, -0.15) is 5.10 Å². The van der Waals surface area contributed by atoms with Crippen molar-refractivity contribution in [2.45, 2.75) is 0 Å². The molecule has 0 aliphatic heterocycles. The minimum Gasteiger partial charge on any atom is -0.278 e. The summed E-state index contributed by atoms with van der Waals surface area (Å²) in [4.78, 5) is 9.07. The summed E-state index contributed by atoms with van der Waals surface area (Å²) in [6, 6.07) is 18.1. The molecule has 0 atom stereocenters. The number of pyridine rings is 2. The lowest BCUT2D eigenvalue weighted by Gasteiger charge is -2.04. The van der Waals surface area contributed by atoms with Crippen LogP contribution < -0.4 is 0 Å². The molecule has 0 unspecified atom stereocenters. The molecule has 0 saturated carbocycles. The van der Waals surface area contributed by atoms with Crippen LogP contribution in [0.4, 0.5) is 0 Å². The Labute approximate surface area is 121 Å². The van der Waals surface area contributed by atoms with Crippen molar-refractivity contribution in [3.05, 3.63) is 67.0 Å². The lowest BCUT2D eigenvalue weighted by atomic mass is 10.1. The van der Waals surface area contributed by atoms with E-state index in [9.17, 15) is 0 Å². The molecule has 4 aromatic rings. The second kappa shape index (κ2) is 4.83. The van der Waals surface area contributed by atoms with Crippen LogP contribution in [0.3, 0.4) is 0 Å². The van der Waals surface area contributed by atoms with Crippen LogP contribution in [0.15, 0.2) is 67.0 Å². The lowest BCUT2D eigenvalue weighted by molar-refractivity contribution is 1.10. The summed E-state index contributed by atoms with van der Waals surface area (Å²) in [6.45, 7) is 0. The van der Waals surface area contributed by atoms with Crippen LogP contribution in [0, 0.1) is 0 Å². The van der Waals surface area contributed by atoms with E-state index in [4.69, 9.17) is 4.98 Å². The van der Waals surface area contributed by atoms with Crippen molar-refractivity contribution in [3.63, 3.8) is 0 Å². The van der Waals surface area contributed by atoms with E-state index in [-0.39, 0.29) is 0 Å². The van der Waals surface area contributed by atoms with E-state index in [1.807, 2.05) is 30.3 Å². The number of H-pyrrole nitrogens is 1. The van der Waals surface area contributed by atoms with Crippen LogP contribution in [0.2, 0.25) is 0 Å². The molecule has 0 saturated heterocycles. The van der Waals surface area contributed by atoms with Crippen molar-refractivity contribution in [2.24, 2.45) is 0 Å². The van der Waals surface area contributed by atoms with E-state index in [2.05, 4.69) is 39.4 Å². The molecule has 0 fully saturated rings. The molecule has 21 heavy (non-hydrogen) atoms. The number of nitrogens with zero attached hydrogens (tertiary/aromatic N) is 3. The summed E-state index contributed by atoms with van der Waals surface area (Å²) < 4.78 is 0. The first kappa shape index (κ1) is 11.8. The van der Waals surface area contributed by atoms with E-state index in [0.717, 1.165) is 33.5 Å². The average molecular weight is 272 g/mol. The van der Waals surface area contributed by atoms with Crippen molar-refractivity contribution < 1.29 is 0 Å². The number of hydrogen-bond acceptors (Lipinski definition) is 3. The van der Waals surface area contributed by atoms with E-state index in [1.165, 1.54) is 0 Å². The highest BCUT2D eigenvalue weighted by atomic mass is 15.1. The number of aromatic amines is 1. The fourth-order valence-corrected chi connectivity index (χ4v) is 2.36. The molecular weight excluding hydrogens is 260 g/mol. The summed E-state index contributed by atoms with van der Waals surface area (Å²) in [5.41, 5.74) is 4.77. The van der Waals surface area contributed by atoms with Gasteiger partial charge in [0.2, 0.25) is 0 Å². The predicted octanol–water partition coefficient (Wildman–Crippen LogP) is 3.69. The third-order valence-corrected chi connectivity index (χ3v) is 3.43. The average Bonchev–Trinajstić information content (AvgIpc) is 3.09. The van der Waals surface area contributed by atoms with Gasteiger partial charge in [0.1, 0.15) is 0 Å². The second-order valence-corrected chi connectivity index (χ2v) is 4.79. The maximum Gasteiger partial charge on any atom is 0.0893 e. The summed E-state index contributed by atoms with van der Waals surface area (Å²) in [5.74, 6) is 0. The third kappa shape index (κ3) is 2.17. The van der Waals surface area contributed by atoms with Crippen LogP contribution in [0.5, 0.6) is 0 Å². The minimum atomic E-state index is 0.880. The quantitative estimate of drug-likeness (QED) is 0.605. The van der Waals surface area contributed by atoms with Crippen LogP contribution in [0.1, 0.15) is 0 Å². The SMILES string of the molecule is c1ccc(-c2ccc3ccc(-c4ccn[nH]4)cc3n2)nc1. The highest BCUT2D eigenvalue weighted by Gasteiger charge is 2.05. The number of hydrogen-bond donors (Lipinski definition) is 1. The van der Waals surface area contributed by atoms with Crippen LogP contribution >= 0.6 is 0 Å². The van der Waals surface area contributed by atoms with Gasteiger partial charge in [-0.05, 0) is 30.3 Å². The zero-order valence-electron chi connectivity index (χ0n) is 11.2. The molecule has 3 aromatic heterocycles. The Morgan fingerprint density at radius 2 is 1.76 bits per heavy atom. The highest BCUT2D eigenvalue weighted by molar-refractivity contribution is 5.85. The number of benzene rings is 1. The van der Waals surface area contributed by atoms with Crippen molar-refractivity contribution in [1.29, 1.82) is 0 Å². The molecular formula is C17H12N4. The molecule has 4 rings (SSSR count). The van der Waals surface area contributed by atoms with Gasteiger partial charge >= 0.3 is 0 Å². The summed E-state index contributed by atoms with van der Waals surface area (Å²) in [6.07, 6.45) is 3.53. The van der Waals surface area contributed by atoms with Gasteiger partial charge in [0.05, 0.1) is 22.6 Å². The standard InChI is InChI=1S/C17H12N4/c1-2-9-18-15(3-1)16-7-6-12-4-5-13(11-17(12)20-16)14-8-10-19-21-14/h1-11H,(H,19,21). The Morgan fingerprint density at radius 1 is 0.810 bits per heavy atom. The summed E-state index contributed by atoms with van der Waals surface area (Å²) >= 11 is 0. The molecule has 0 amide bonds. The summed E-state index contributed by atoms with van der Waals surface area (Å²) in [7, 11) is 0. The fourth-order valence-electron chi connectivity index (χ4n) is 2.36. The molecule has 0 aliphatic carbocycles. The topological polar surface area (TPSA) is 54.5 Å². The van der Waals surface area contributed by atoms with Crippen molar-refractivity contribution >= 4 is 10.9 Å². The van der Waals surface area contributed by atoms with Crippen LogP contribution in [-0.2, 0) is 0 Å². The largest absolute Gasteiger partial charge is 0.278 e. The van der Waals surface area contributed by atoms with E-state index >= 15 is 0 Å². The van der Waals surface area contributed by atoms with Crippen LogP contribution in [0.25, 0.3) is 33.5 Å². The van der Waals surface area contributed by atoms with Gasteiger partial charge < -0.3 is 0 Å². The van der Waals surface area contributed by atoms with Gasteiger partial charge in [0.25, 0.3) is 0 Å². The second-order valence-electron chi connectivity index (χ2n) is 4.79. The smallest absolute Gasteiger partial charge is 0.0893 e. The zero-order chi connectivity index (χ0) is 14.1. The molecule has 1 N–H and O–H groups in total. The van der Waals surface area contributed by atoms with E-state index in [0.29, 0.717) is 0 Å². The first-order valence-corrected chi connectivity index (χ1v) is 6.72. The van der Waals surface area contributed by atoms with Gasteiger partial charge in [-0.15, -0.1) is 0 Å². The maximum atomic E-state index is 4.72. The Hall–Kier alpha value is -3.01. The zero-order valence-corrected chi connectivity index (χ0v) is 11.2. The molecule has 4 nitrogen and oxygen atoms in total. The van der Waals surface area contributed by atoms with Crippen molar-refractivity contribution in [3.8, 4) is 22.6 Å². The van der Waals surface area contributed by atoms with Crippen molar-refractivity contribution in [2.75, 3.05) is 0 Å². The number of fused-ring (bicyclic) bond motifs is 1. The molecule has 0 spiro atoms. The van der Waals surface area contributed by atoms with Gasteiger partial charge in [-0.1, -0.05) is 24.3 Å². The monoisotopic (exact) mass is 272 g/mol. The number of rotatable bonds is 2. The van der Waals surface area contributed by atoms with Gasteiger partial charge in [0, 0.05) is 23.3 Å². The first-order valence-electron chi connectivity index (χ1n) is 6.72. The molecule has 4 heteroatoms. The molecule has 3 heterocycles. The van der Waals surface area contributed by atoms with Crippen molar-refractivity contribution in [1.82, 2.24) is 20.2 Å². The Morgan fingerprint density at radius 3 is 2.57 bits per heavy atom. The normalized spacial score (nSPS) is 10.9. The van der Waals surface area contributed by atoms with Gasteiger partial charge in [-0.3, -0.25) is 10.1 Å². The predicted molar refractivity (Wildman–Crippen MR) is 82.6 cm³/mol. The molecule has 100 valence electrons. The number of nitrogens with one attached hydrogen (secondary N) is 1. The third-order valence-electron chi connectivity index (χ3n) is 3.43. The molecule has 1 aromatic carbocycles. The van der Waals surface area contributed by atoms with E-state index in [1.54, 1.807) is 12.4 Å². The molecule has 0 radical (unpaired) electrons. The molecule has 0 bridgehead atoms. The summed E-state index contributed by atoms with van der Waals surface area (Å²) in [5, 5.41) is 8.07. The molecule has 0 aliphatic rings. The lowest BCUT2D eigenvalue weighted by Crippen LogP contribution is -1.88. The first-order chi connectivity index (χ1) is 10.4. The Balaban J connectivity index is 1.86. The van der Waals surface area contributed by atoms with E-state index < -0.39 is 0 Å². The maximum absolute atomic E-state index is 4.72. The minimum absolute atomic E-state index is 0.880. The van der Waals surface area contributed by atoms with Gasteiger partial charge in [0.15, 0.2) is 0 Å².